The van der Waals surface area contributed by atoms with Crippen LogP contribution in [0.4, 0.5) is 5.82 Å². The molecular weight excluding hydrogens is 427 g/mol. The molecule has 9 heteroatoms. The largest absolute Gasteiger partial charge is 0.546 e. The van der Waals surface area contributed by atoms with Crippen LogP contribution in [-0.2, 0) is 4.79 Å². The number of ether oxygens (including phenoxy) is 1. The molecule has 1 aromatic carbocycles. The molecule has 2 aromatic rings. The highest BCUT2D eigenvalue weighted by Gasteiger charge is 2.32. The van der Waals surface area contributed by atoms with E-state index in [4.69, 9.17) is 33.7 Å². The fourth-order valence-electron chi connectivity index (χ4n) is 3.37. The third-order valence-corrected chi connectivity index (χ3v) is 5.28. The lowest BCUT2D eigenvalue weighted by molar-refractivity contribution is -0.364. The molecule has 0 atom stereocenters. The number of nitrogens with one attached hydrogen (secondary N) is 1. The van der Waals surface area contributed by atoms with Gasteiger partial charge in [-0.3, -0.25) is 5.73 Å². The minimum atomic E-state index is -1.40. The number of carbonyl (C=O) groups is 1. The van der Waals surface area contributed by atoms with Gasteiger partial charge >= 0.3 is 0 Å². The number of nitrogens with two attached hydrogens (primary N) is 1. The first-order valence-electron chi connectivity index (χ1n) is 8.60. The number of pyridine rings is 1. The van der Waals surface area contributed by atoms with E-state index >= 15 is 0 Å². The van der Waals surface area contributed by atoms with E-state index in [9.17, 15) is 20.4 Å². The van der Waals surface area contributed by atoms with Crippen molar-refractivity contribution in [2.45, 2.75) is 13.8 Å². The van der Waals surface area contributed by atoms with Crippen molar-refractivity contribution >= 4 is 52.2 Å². The number of benzene rings is 1. The Kier molecular flexibility index (Phi) is 5.71. The number of aromatic nitrogens is 1. The van der Waals surface area contributed by atoms with Crippen LogP contribution in [0.25, 0.3) is 17.2 Å². The van der Waals surface area contributed by atoms with Crippen LogP contribution < -0.4 is 20.6 Å². The van der Waals surface area contributed by atoms with Gasteiger partial charge in [0.25, 0.3) is 5.82 Å². The Morgan fingerprint density at radius 2 is 1.90 bits per heavy atom. The van der Waals surface area contributed by atoms with Crippen molar-refractivity contribution in [1.29, 1.82) is 10.5 Å². The lowest BCUT2D eigenvalue weighted by atomic mass is 9.95. The zero-order chi connectivity index (χ0) is 22.2. The number of nitrogens with zero attached hydrogens (tertiary/aromatic N) is 2. The van der Waals surface area contributed by atoms with Crippen LogP contribution in [0, 0.1) is 29.6 Å². The van der Waals surface area contributed by atoms with Crippen LogP contribution in [0.2, 0.25) is 10.0 Å². The van der Waals surface area contributed by atoms with Crippen LogP contribution in [0.1, 0.15) is 34.9 Å². The van der Waals surface area contributed by atoms with Gasteiger partial charge in [-0.15, -0.1) is 0 Å². The predicted octanol–water partition coefficient (Wildman–Crippen LogP) is 2.55. The molecule has 3 N–H and O–H groups in total. The van der Waals surface area contributed by atoms with E-state index in [0.717, 1.165) is 0 Å². The van der Waals surface area contributed by atoms with Crippen molar-refractivity contribution in [1.82, 2.24) is 0 Å². The molecule has 0 amide bonds. The SMILES string of the molecule is CC1=C(C#N)c2[nH+]c(N)c(C#N)c(C)c2/C1=C\c1cc(Cl)c(OCC(=O)[O-])c(Cl)c1. The molecular formula is C21H14Cl2N4O3. The van der Waals surface area contributed by atoms with Gasteiger partial charge in [0.15, 0.2) is 11.4 Å². The van der Waals surface area contributed by atoms with Crippen LogP contribution in [0.5, 0.6) is 5.75 Å². The number of nitrogen functional groups attached to an aromatic ring is 1. The average molecular weight is 441 g/mol. The monoisotopic (exact) mass is 440 g/mol. The summed E-state index contributed by atoms with van der Waals surface area (Å²) in [5.41, 5.74) is 10.6. The number of anilines is 1. The van der Waals surface area contributed by atoms with Gasteiger partial charge < -0.3 is 14.6 Å². The first kappa shape index (κ1) is 21.2. The molecule has 1 heterocycles. The number of carboxylic acid groups (broad SMARTS) is 1. The van der Waals surface area contributed by atoms with Crippen molar-refractivity contribution in [2.75, 3.05) is 12.3 Å². The number of hydrogen-bond acceptors (Lipinski definition) is 6. The molecule has 0 radical (unpaired) electrons. The Morgan fingerprint density at radius 3 is 2.43 bits per heavy atom. The number of carbonyl (C=O) groups excluding carboxylic acids is 1. The van der Waals surface area contributed by atoms with Gasteiger partial charge in [0, 0.05) is 5.56 Å². The second-order valence-electron chi connectivity index (χ2n) is 6.54. The molecule has 30 heavy (non-hydrogen) atoms. The lowest BCUT2D eigenvalue weighted by Gasteiger charge is -2.12. The minimum Gasteiger partial charge on any atom is -0.546 e. The molecule has 0 spiro atoms. The molecule has 1 aromatic heterocycles. The van der Waals surface area contributed by atoms with Gasteiger partial charge in [-0.2, -0.15) is 10.5 Å². The number of fused-ring (bicyclic) bond motifs is 1. The first-order valence-corrected chi connectivity index (χ1v) is 9.36. The summed E-state index contributed by atoms with van der Waals surface area (Å²) in [7, 11) is 0. The molecule has 7 nitrogen and oxygen atoms in total. The third kappa shape index (κ3) is 3.57. The van der Waals surface area contributed by atoms with Crippen molar-refractivity contribution in [3.63, 3.8) is 0 Å². The predicted molar refractivity (Wildman–Crippen MR) is 110 cm³/mol. The number of rotatable bonds is 4. The van der Waals surface area contributed by atoms with E-state index in [1.165, 1.54) is 0 Å². The van der Waals surface area contributed by atoms with Gasteiger partial charge in [0.05, 0.1) is 16.0 Å². The van der Waals surface area contributed by atoms with E-state index in [2.05, 4.69) is 17.1 Å². The summed E-state index contributed by atoms with van der Waals surface area (Å²) < 4.78 is 5.07. The Labute approximate surface area is 182 Å². The first-order chi connectivity index (χ1) is 14.2. The van der Waals surface area contributed by atoms with Crippen LogP contribution in [0.3, 0.4) is 0 Å². The van der Waals surface area contributed by atoms with Gasteiger partial charge in [-0.05, 0) is 54.3 Å². The fraction of sp³-hybridized carbons (Fsp3) is 0.143. The number of aromatic amines is 1. The second kappa shape index (κ2) is 8.08. The van der Waals surface area contributed by atoms with Crippen LogP contribution in [-0.4, -0.2) is 12.6 Å². The number of H-pyrrole nitrogens is 1. The zero-order valence-electron chi connectivity index (χ0n) is 15.9. The zero-order valence-corrected chi connectivity index (χ0v) is 17.4. The average Bonchev–Trinajstić information content (AvgIpc) is 2.92. The van der Waals surface area contributed by atoms with Gasteiger partial charge in [0.2, 0.25) is 0 Å². The molecule has 0 saturated carbocycles. The van der Waals surface area contributed by atoms with Crippen molar-refractivity contribution in [2.24, 2.45) is 0 Å². The molecule has 0 unspecified atom stereocenters. The second-order valence-corrected chi connectivity index (χ2v) is 7.36. The fourth-order valence-corrected chi connectivity index (χ4v) is 3.98. The summed E-state index contributed by atoms with van der Waals surface area (Å²) in [6.45, 7) is 2.87. The number of nitriles is 2. The van der Waals surface area contributed by atoms with E-state index in [-0.39, 0.29) is 21.6 Å². The molecule has 3 rings (SSSR count). The van der Waals surface area contributed by atoms with Gasteiger partial charge in [0.1, 0.15) is 29.9 Å². The number of halogens is 2. The summed E-state index contributed by atoms with van der Waals surface area (Å²) in [6.07, 6.45) is 1.77. The molecule has 0 fully saturated rings. The number of hydrogen-bond donors (Lipinski definition) is 1. The quantitative estimate of drug-likeness (QED) is 0.774. The Balaban J connectivity index is 2.18. The lowest BCUT2D eigenvalue weighted by Crippen LogP contribution is -2.29. The maximum Gasteiger partial charge on any atom is 0.289 e. The third-order valence-electron chi connectivity index (χ3n) is 4.72. The maximum atomic E-state index is 10.6. The molecule has 0 saturated heterocycles. The van der Waals surface area contributed by atoms with E-state index in [0.29, 0.717) is 44.7 Å². The van der Waals surface area contributed by atoms with E-state index < -0.39 is 12.6 Å². The minimum absolute atomic E-state index is 0.0329. The smallest absolute Gasteiger partial charge is 0.289 e. The standard InChI is InChI=1S/C21H14Cl2N4O3/c1-9-12(3-11-4-15(22)20(16(23)5-11)30-8-17(28)29)18-10(2)14(7-25)21(26)27-19(18)13(9)6-24/h3-5H,8H2,1-2H3,(H2,26,27)(H,28,29)/b12-3-. The summed E-state index contributed by atoms with van der Waals surface area (Å²) in [4.78, 5) is 13.6. The summed E-state index contributed by atoms with van der Waals surface area (Å²) in [5.74, 6) is -1.18. The van der Waals surface area contributed by atoms with Gasteiger partial charge in [-0.25, -0.2) is 4.98 Å². The van der Waals surface area contributed by atoms with E-state index in [1.807, 2.05) is 0 Å². The summed E-state index contributed by atoms with van der Waals surface area (Å²) in [5, 5.41) is 29.9. The highest BCUT2D eigenvalue weighted by atomic mass is 35.5. The topological polar surface area (TPSA) is 137 Å². The highest BCUT2D eigenvalue weighted by molar-refractivity contribution is 6.37. The Morgan fingerprint density at radius 1 is 1.27 bits per heavy atom. The highest BCUT2D eigenvalue weighted by Crippen LogP contribution is 2.43. The number of allylic oxidation sites excluding steroid dienone is 3. The van der Waals surface area contributed by atoms with Crippen LogP contribution >= 0.6 is 23.2 Å². The van der Waals surface area contributed by atoms with Crippen molar-refractivity contribution in [3.05, 3.63) is 55.7 Å². The molecule has 0 bridgehead atoms. The maximum absolute atomic E-state index is 10.6. The van der Waals surface area contributed by atoms with Crippen molar-refractivity contribution in [3.8, 4) is 17.9 Å². The Bertz CT molecular complexity index is 1230. The van der Waals surface area contributed by atoms with Gasteiger partial charge in [-0.1, -0.05) is 23.2 Å². The molecule has 150 valence electrons. The Hall–Kier alpha value is -3.52. The molecule has 1 aliphatic rings. The normalized spacial score (nSPS) is 13.7. The number of aliphatic carboxylic acids is 1. The molecule has 1 aliphatic carbocycles. The van der Waals surface area contributed by atoms with Crippen LogP contribution in [0.15, 0.2) is 17.7 Å². The van der Waals surface area contributed by atoms with E-state index in [1.54, 1.807) is 32.1 Å². The summed E-state index contributed by atoms with van der Waals surface area (Å²) >= 11 is 12.4. The molecule has 0 aliphatic heterocycles. The summed E-state index contributed by atoms with van der Waals surface area (Å²) in [6, 6.07) is 7.37. The van der Waals surface area contributed by atoms with Crippen molar-refractivity contribution < 1.29 is 19.6 Å². The number of carboxylic acids is 1.